The summed E-state index contributed by atoms with van der Waals surface area (Å²) in [7, 11) is 4.84. The van der Waals surface area contributed by atoms with Crippen LogP contribution in [0.25, 0.3) is 0 Å². The van der Waals surface area contributed by atoms with Crippen molar-refractivity contribution < 1.29 is 19.2 Å². The second-order valence-electron chi connectivity index (χ2n) is 7.64. The van der Waals surface area contributed by atoms with Crippen molar-refractivity contribution in [3.63, 3.8) is 0 Å². The number of imide groups is 1. The number of rotatable bonds is 2. The van der Waals surface area contributed by atoms with Crippen LogP contribution in [0.5, 0.6) is 0 Å². The zero-order valence-electron chi connectivity index (χ0n) is 15.2. The summed E-state index contributed by atoms with van der Waals surface area (Å²) in [6.07, 6.45) is 3.27. The molecule has 0 aromatic heterocycles. The summed E-state index contributed by atoms with van der Waals surface area (Å²) >= 11 is 0. The standard InChI is InChI=1S/C17H26N4O4/c1-18-11-17(5-4-13(18)22)6-8-21(9-7-17)14(23)10-12-15(24)20(3)16(25)19(12)2/h12H,4-11H2,1-3H3. The van der Waals surface area contributed by atoms with Gasteiger partial charge in [-0.3, -0.25) is 19.3 Å². The lowest BCUT2D eigenvalue weighted by molar-refractivity contribution is -0.142. The third-order valence-electron chi connectivity index (χ3n) is 6.08. The predicted octanol–water partition coefficient (Wildman–Crippen LogP) is 0.130. The molecule has 3 heterocycles. The summed E-state index contributed by atoms with van der Waals surface area (Å²) in [5.41, 5.74) is 0.121. The van der Waals surface area contributed by atoms with Crippen molar-refractivity contribution in [3.05, 3.63) is 0 Å². The van der Waals surface area contributed by atoms with Crippen LogP contribution in [0.2, 0.25) is 0 Å². The SMILES string of the molecule is CN1CC2(CCC1=O)CCN(C(=O)CC1C(=O)N(C)C(=O)N1C)CC2. The number of hydrogen-bond donors (Lipinski definition) is 0. The molecule has 3 aliphatic heterocycles. The number of likely N-dealkylation sites (N-methyl/N-ethyl adjacent to an activating group) is 2. The minimum Gasteiger partial charge on any atom is -0.345 e. The van der Waals surface area contributed by atoms with Gasteiger partial charge in [0.1, 0.15) is 6.04 Å². The molecular formula is C17H26N4O4. The predicted molar refractivity (Wildman–Crippen MR) is 89.5 cm³/mol. The van der Waals surface area contributed by atoms with Crippen molar-refractivity contribution >= 4 is 23.8 Å². The average Bonchev–Trinajstić information content (AvgIpc) is 2.77. The molecule has 3 saturated heterocycles. The van der Waals surface area contributed by atoms with Gasteiger partial charge >= 0.3 is 6.03 Å². The summed E-state index contributed by atoms with van der Waals surface area (Å²) in [5.74, 6) is -0.203. The van der Waals surface area contributed by atoms with E-state index in [4.69, 9.17) is 0 Å². The molecule has 0 saturated carbocycles. The first-order valence-corrected chi connectivity index (χ1v) is 8.80. The first kappa shape index (κ1) is 17.7. The lowest BCUT2D eigenvalue weighted by Crippen LogP contribution is -2.51. The third-order valence-corrected chi connectivity index (χ3v) is 6.08. The summed E-state index contributed by atoms with van der Waals surface area (Å²) < 4.78 is 0. The van der Waals surface area contributed by atoms with Gasteiger partial charge in [-0.25, -0.2) is 4.79 Å². The maximum absolute atomic E-state index is 12.6. The smallest absolute Gasteiger partial charge is 0.326 e. The second kappa shape index (κ2) is 6.31. The average molecular weight is 350 g/mol. The maximum Gasteiger partial charge on any atom is 0.326 e. The molecule has 1 atom stereocenters. The van der Waals surface area contributed by atoms with Crippen molar-refractivity contribution in [2.45, 2.75) is 38.1 Å². The number of amides is 5. The van der Waals surface area contributed by atoms with Crippen LogP contribution < -0.4 is 0 Å². The summed E-state index contributed by atoms with van der Waals surface area (Å²) in [6, 6.07) is -1.06. The van der Waals surface area contributed by atoms with Crippen LogP contribution in [0.4, 0.5) is 4.79 Å². The van der Waals surface area contributed by atoms with E-state index < -0.39 is 6.04 Å². The van der Waals surface area contributed by atoms with Crippen LogP contribution in [-0.2, 0) is 14.4 Å². The minimum absolute atomic E-state index is 0.0385. The Balaban J connectivity index is 1.56. The van der Waals surface area contributed by atoms with Gasteiger partial charge in [-0.2, -0.15) is 0 Å². The molecule has 5 amide bonds. The Kier molecular flexibility index (Phi) is 4.47. The van der Waals surface area contributed by atoms with Crippen molar-refractivity contribution in [1.29, 1.82) is 0 Å². The number of urea groups is 1. The van der Waals surface area contributed by atoms with E-state index in [1.54, 1.807) is 16.8 Å². The van der Waals surface area contributed by atoms with Gasteiger partial charge in [-0.1, -0.05) is 0 Å². The van der Waals surface area contributed by atoms with E-state index in [9.17, 15) is 19.2 Å². The van der Waals surface area contributed by atoms with Crippen LogP contribution in [0, 0.1) is 5.41 Å². The first-order chi connectivity index (χ1) is 11.7. The molecule has 1 unspecified atom stereocenters. The highest BCUT2D eigenvalue weighted by Gasteiger charge is 2.44. The van der Waals surface area contributed by atoms with Gasteiger partial charge < -0.3 is 14.7 Å². The molecule has 8 heteroatoms. The quantitative estimate of drug-likeness (QED) is 0.663. The molecule has 0 N–H and O–H groups in total. The monoisotopic (exact) mass is 350 g/mol. The number of likely N-dealkylation sites (tertiary alicyclic amines) is 2. The number of nitrogens with zero attached hydrogens (tertiary/aromatic N) is 4. The van der Waals surface area contributed by atoms with Crippen LogP contribution in [0.15, 0.2) is 0 Å². The van der Waals surface area contributed by atoms with E-state index in [1.165, 1.54) is 11.9 Å². The van der Waals surface area contributed by atoms with Gasteiger partial charge in [0.2, 0.25) is 11.8 Å². The molecule has 0 bridgehead atoms. The van der Waals surface area contributed by atoms with Gasteiger partial charge in [-0.15, -0.1) is 0 Å². The fourth-order valence-corrected chi connectivity index (χ4v) is 4.24. The van der Waals surface area contributed by atoms with Gasteiger partial charge in [-0.05, 0) is 24.7 Å². The Hall–Kier alpha value is -2.12. The van der Waals surface area contributed by atoms with Crippen molar-refractivity contribution in [3.8, 4) is 0 Å². The topological polar surface area (TPSA) is 81.2 Å². The number of carbonyl (C=O) groups is 4. The summed E-state index contributed by atoms with van der Waals surface area (Å²) in [4.78, 5) is 54.2. The molecule has 1 spiro atoms. The Morgan fingerprint density at radius 1 is 1.08 bits per heavy atom. The van der Waals surface area contributed by atoms with Crippen molar-refractivity contribution in [2.24, 2.45) is 5.41 Å². The lowest BCUT2D eigenvalue weighted by Gasteiger charge is -2.46. The molecule has 3 fully saturated rings. The normalized spacial score (nSPS) is 26.8. The van der Waals surface area contributed by atoms with Crippen molar-refractivity contribution in [1.82, 2.24) is 19.6 Å². The Labute approximate surface area is 147 Å². The van der Waals surface area contributed by atoms with Crippen LogP contribution in [-0.4, -0.2) is 90.2 Å². The van der Waals surface area contributed by atoms with E-state index in [2.05, 4.69) is 0 Å². The molecule has 3 rings (SSSR count). The van der Waals surface area contributed by atoms with Crippen LogP contribution in [0.1, 0.15) is 32.1 Å². The minimum atomic E-state index is -0.695. The van der Waals surface area contributed by atoms with Gasteiger partial charge in [0, 0.05) is 47.2 Å². The highest BCUT2D eigenvalue weighted by Crippen LogP contribution is 2.40. The molecular weight excluding hydrogens is 324 g/mol. The first-order valence-electron chi connectivity index (χ1n) is 8.80. The number of hydrogen-bond acceptors (Lipinski definition) is 4. The maximum atomic E-state index is 12.6. The molecule has 138 valence electrons. The highest BCUT2D eigenvalue weighted by molar-refractivity contribution is 6.05. The van der Waals surface area contributed by atoms with Crippen LogP contribution in [0.3, 0.4) is 0 Å². The fraction of sp³-hybridized carbons (Fsp3) is 0.765. The van der Waals surface area contributed by atoms with Crippen LogP contribution >= 0.6 is 0 Å². The Morgan fingerprint density at radius 3 is 2.24 bits per heavy atom. The van der Waals surface area contributed by atoms with Crippen molar-refractivity contribution in [2.75, 3.05) is 40.8 Å². The molecule has 25 heavy (non-hydrogen) atoms. The third kappa shape index (κ3) is 3.09. The van der Waals surface area contributed by atoms with E-state index in [0.29, 0.717) is 19.5 Å². The zero-order chi connectivity index (χ0) is 18.4. The van der Waals surface area contributed by atoms with Gasteiger partial charge in [0.25, 0.3) is 5.91 Å². The molecule has 0 radical (unpaired) electrons. The van der Waals surface area contributed by atoms with E-state index in [-0.39, 0.29) is 35.6 Å². The summed E-state index contributed by atoms with van der Waals surface area (Å²) in [6.45, 7) is 2.06. The lowest BCUT2D eigenvalue weighted by atomic mass is 9.72. The molecule has 0 aliphatic carbocycles. The number of carbonyl (C=O) groups excluding carboxylic acids is 4. The fourth-order valence-electron chi connectivity index (χ4n) is 4.24. The Bertz CT molecular complexity index is 612. The largest absolute Gasteiger partial charge is 0.345 e. The second-order valence-corrected chi connectivity index (χ2v) is 7.64. The molecule has 8 nitrogen and oxygen atoms in total. The molecule has 3 aliphatic rings. The number of piperidine rings is 2. The van der Waals surface area contributed by atoms with Gasteiger partial charge in [0.15, 0.2) is 0 Å². The van der Waals surface area contributed by atoms with Gasteiger partial charge in [0.05, 0.1) is 6.42 Å². The highest BCUT2D eigenvalue weighted by atomic mass is 16.2. The Morgan fingerprint density at radius 2 is 1.72 bits per heavy atom. The van der Waals surface area contributed by atoms with E-state index >= 15 is 0 Å². The zero-order valence-corrected chi connectivity index (χ0v) is 15.2. The molecule has 0 aromatic rings. The summed E-state index contributed by atoms with van der Waals surface area (Å²) in [5, 5.41) is 0. The molecule has 0 aromatic carbocycles. The van der Waals surface area contributed by atoms with E-state index in [1.807, 2.05) is 7.05 Å². The van der Waals surface area contributed by atoms with E-state index in [0.717, 1.165) is 30.7 Å².